The van der Waals surface area contributed by atoms with Gasteiger partial charge < -0.3 is 10.0 Å². The number of hydrogen-bond acceptors (Lipinski definition) is 3. The lowest BCUT2D eigenvalue weighted by atomic mass is 10.1. The number of aromatic nitrogens is 1. The number of pyridine rings is 1. The zero-order valence-electron chi connectivity index (χ0n) is 11.9. The Morgan fingerprint density at radius 2 is 2.00 bits per heavy atom. The van der Waals surface area contributed by atoms with E-state index in [1.165, 1.54) is 5.56 Å². The molecule has 0 radical (unpaired) electrons. The summed E-state index contributed by atoms with van der Waals surface area (Å²) in [6.45, 7) is 0.814. The van der Waals surface area contributed by atoms with Crippen molar-refractivity contribution in [2.75, 3.05) is 18.5 Å². The average Bonchev–Trinajstić information content (AvgIpc) is 2.52. The molecule has 108 valence electrons. The first-order valence-corrected chi connectivity index (χ1v) is 6.78. The molecule has 2 rings (SSSR count). The molecule has 1 aromatic heterocycles. The van der Waals surface area contributed by atoms with Crippen LogP contribution in [0.5, 0.6) is 0 Å². The Kier molecular flexibility index (Phi) is 5.10. The molecule has 0 aliphatic carbocycles. The van der Waals surface area contributed by atoms with E-state index in [0.717, 1.165) is 30.4 Å². The summed E-state index contributed by atoms with van der Waals surface area (Å²) >= 11 is 0. The summed E-state index contributed by atoms with van der Waals surface area (Å²) in [5, 5.41) is 8.74. The van der Waals surface area contributed by atoms with Crippen molar-refractivity contribution in [3.05, 3.63) is 65.9 Å². The summed E-state index contributed by atoms with van der Waals surface area (Å²) in [5.74, 6) is -0.178. The second-order valence-corrected chi connectivity index (χ2v) is 4.74. The molecule has 0 spiro atoms. The lowest BCUT2D eigenvalue weighted by Gasteiger charge is -2.20. The van der Waals surface area contributed by atoms with Gasteiger partial charge in [-0.25, -0.2) is 9.78 Å². The average molecular weight is 282 g/mol. The van der Waals surface area contributed by atoms with Gasteiger partial charge in [0.05, 0.1) is 0 Å². The molecule has 0 aliphatic rings. The lowest BCUT2D eigenvalue weighted by molar-refractivity contribution is -0.131. The van der Waals surface area contributed by atoms with Gasteiger partial charge in [-0.05, 0) is 30.2 Å². The molecule has 1 heterocycles. The normalized spacial score (nSPS) is 10.7. The predicted molar refractivity (Wildman–Crippen MR) is 84.3 cm³/mol. The molecule has 1 aromatic carbocycles. The van der Waals surface area contributed by atoms with Crippen molar-refractivity contribution in [2.45, 2.75) is 6.42 Å². The van der Waals surface area contributed by atoms with E-state index in [1.807, 2.05) is 36.2 Å². The van der Waals surface area contributed by atoms with Crippen molar-refractivity contribution in [2.24, 2.45) is 0 Å². The number of carbonyl (C=O) groups is 1. The molecule has 0 bridgehead atoms. The molecular weight excluding hydrogens is 264 g/mol. The number of nitrogens with zero attached hydrogens (tertiary/aromatic N) is 2. The minimum atomic E-state index is -0.961. The minimum Gasteiger partial charge on any atom is -0.478 e. The van der Waals surface area contributed by atoms with E-state index >= 15 is 0 Å². The van der Waals surface area contributed by atoms with Crippen molar-refractivity contribution >= 4 is 17.9 Å². The summed E-state index contributed by atoms with van der Waals surface area (Å²) in [6, 6.07) is 13.9. The molecule has 2 aromatic rings. The maximum absolute atomic E-state index is 10.6. The van der Waals surface area contributed by atoms with Crippen LogP contribution in [0, 0.1) is 0 Å². The first-order valence-electron chi connectivity index (χ1n) is 6.78. The quantitative estimate of drug-likeness (QED) is 0.828. The van der Waals surface area contributed by atoms with E-state index in [1.54, 1.807) is 18.3 Å². The van der Waals surface area contributed by atoms with Gasteiger partial charge in [0.2, 0.25) is 0 Å². The first kappa shape index (κ1) is 14.8. The Hall–Kier alpha value is -2.62. The molecule has 0 fully saturated rings. The fourth-order valence-electron chi connectivity index (χ4n) is 2.07. The second-order valence-electron chi connectivity index (χ2n) is 4.74. The van der Waals surface area contributed by atoms with Crippen molar-refractivity contribution in [3.8, 4) is 0 Å². The van der Waals surface area contributed by atoms with Crippen LogP contribution in [0.1, 0.15) is 11.1 Å². The topological polar surface area (TPSA) is 53.4 Å². The fourth-order valence-corrected chi connectivity index (χ4v) is 2.07. The van der Waals surface area contributed by atoms with E-state index in [-0.39, 0.29) is 0 Å². The molecule has 0 atom stereocenters. The molecule has 0 aliphatic heterocycles. The van der Waals surface area contributed by atoms with E-state index in [9.17, 15) is 4.79 Å². The Morgan fingerprint density at radius 3 is 2.71 bits per heavy atom. The van der Waals surface area contributed by atoms with E-state index < -0.39 is 5.97 Å². The summed E-state index contributed by atoms with van der Waals surface area (Å²) in [5.41, 5.74) is 2.07. The van der Waals surface area contributed by atoms with Gasteiger partial charge in [-0.3, -0.25) is 0 Å². The highest BCUT2D eigenvalue weighted by Gasteiger charge is 2.07. The molecule has 21 heavy (non-hydrogen) atoms. The van der Waals surface area contributed by atoms with Crippen LogP contribution in [0.25, 0.3) is 6.08 Å². The van der Waals surface area contributed by atoms with Crippen LogP contribution in [0.4, 0.5) is 5.82 Å². The number of benzene rings is 1. The smallest absolute Gasteiger partial charge is 0.328 e. The lowest BCUT2D eigenvalue weighted by Crippen LogP contribution is -2.22. The molecular formula is C17H18N2O2. The van der Waals surface area contributed by atoms with Gasteiger partial charge in [-0.2, -0.15) is 0 Å². The van der Waals surface area contributed by atoms with Gasteiger partial charge in [-0.15, -0.1) is 0 Å². The van der Waals surface area contributed by atoms with Crippen molar-refractivity contribution in [1.82, 2.24) is 4.98 Å². The summed E-state index contributed by atoms with van der Waals surface area (Å²) in [4.78, 5) is 17.0. The minimum absolute atomic E-state index is 0.783. The molecule has 0 saturated carbocycles. The van der Waals surface area contributed by atoms with Crippen LogP contribution >= 0.6 is 0 Å². The van der Waals surface area contributed by atoms with Crippen molar-refractivity contribution < 1.29 is 9.90 Å². The maximum Gasteiger partial charge on any atom is 0.328 e. The van der Waals surface area contributed by atoms with E-state index in [2.05, 4.69) is 17.1 Å². The van der Waals surface area contributed by atoms with Gasteiger partial charge in [0, 0.05) is 31.4 Å². The van der Waals surface area contributed by atoms with Gasteiger partial charge >= 0.3 is 5.97 Å². The standard InChI is InChI=1S/C17H18N2O2/c1-19(13-11-14-6-3-2-4-7-14)17-15(8-5-12-18-17)9-10-16(20)21/h2-10,12H,11,13H2,1H3,(H,20,21)/b10-9+. The predicted octanol–water partition coefficient (Wildman–Crippen LogP) is 2.86. The second kappa shape index (κ2) is 7.24. The monoisotopic (exact) mass is 282 g/mol. The van der Waals surface area contributed by atoms with E-state index in [4.69, 9.17) is 5.11 Å². The SMILES string of the molecule is CN(CCc1ccccc1)c1ncccc1/C=C/C(=O)O. The van der Waals surface area contributed by atoms with Crippen LogP contribution in [0.2, 0.25) is 0 Å². The van der Waals surface area contributed by atoms with Crippen LogP contribution < -0.4 is 4.90 Å². The summed E-state index contributed by atoms with van der Waals surface area (Å²) < 4.78 is 0. The van der Waals surface area contributed by atoms with Gasteiger partial charge in [0.15, 0.2) is 0 Å². The van der Waals surface area contributed by atoms with Gasteiger partial charge in [0.25, 0.3) is 0 Å². The fraction of sp³-hybridized carbons (Fsp3) is 0.176. The Labute approximate surface area is 124 Å². The number of rotatable bonds is 6. The largest absolute Gasteiger partial charge is 0.478 e. The highest BCUT2D eigenvalue weighted by molar-refractivity contribution is 5.86. The third-order valence-corrected chi connectivity index (χ3v) is 3.16. The summed E-state index contributed by atoms with van der Waals surface area (Å²) in [7, 11) is 1.96. The number of likely N-dealkylation sites (N-methyl/N-ethyl adjacent to an activating group) is 1. The summed E-state index contributed by atoms with van der Waals surface area (Å²) in [6.07, 6.45) is 5.33. The van der Waals surface area contributed by atoms with Gasteiger partial charge in [0.1, 0.15) is 5.82 Å². The highest BCUT2D eigenvalue weighted by Crippen LogP contribution is 2.17. The Balaban J connectivity index is 2.08. The molecule has 0 unspecified atom stereocenters. The van der Waals surface area contributed by atoms with Crippen LogP contribution in [-0.4, -0.2) is 29.7 Å². The molecule has 0 saturated heterocycles. The third-order valence-electron chi connectivity index (χ3n) is 3.16. The number of carboxylic acid groups (broad SMARTS) is 1. The number of carboxylic acids is 1. The molecule has 4 heteroatoms. The number of hydrogen-bond donors (Lipinski definition) is 1. The van der Waals surface area contributed by atoms with Gasteiger partial charge in [-0.1, -0.05) is 30.3 Å². The molecule has 4 nitrogen and oxygen atoms in total. The number of anilines is 1. The molecule has 1 N–H and O–H groups in total. The first-order chi connectivity index (χ1) is 10.2. The maximum atomic E-state index is 10.6. The van der Waals surface area contributed by atoms with Crippen molar-refractivity contribution in [3.63, 3.8) is 0 Å². The zero-order valence-corrected chi connectivity index (χ0v) is 11.9. The third kappa shape index (κ3) is 4.45. The Morgan fingerprint density at radius 1 is 1.24 bits per heavy atom. The van der Waals surface area contributed by atoms with Crippen LogP contribution in [0.15, 0.2) is 54.7 Å². The number of aliphatic carboxylic acids is 1. The van der Waals surface area contributed by atoms with E-state index in [0.29, 0.717) is 0 Å². The Bertz CT molecular complexity index is 624. The van der Waals surface area contributed by atoms with Crippen molar-refractivity contribution in [1.29, 1.82) is 0 Å². The highest BCUT2D eigenvalue weighted by atomic mass is 16.4. The van der Waals surface area contributed by atoms with Crippen LogP contribution in [-0.2, 0) is 11.2 Å². The zero-order chi connectivity index (χ0) is 15.1. The van der Waals surface area contributed by atoms with Crippen LogP contribution in [0.3, 0.4) is 0 Å². The molecule has 0 amide bonds.